The van der Waals surface area contributed by atoms with Gasteiger partial charge in [0.2, 0.25) is 10.0 Å². The van der Waals surface area contributed by atoms with Crippen LogP contribution in [0.5, 0.6) is 0 Å². The molecule has 94 valence electrons. The van der Waals surface area contributed by atoms with Crippen molar-refractivity contribution in [3.63, 3.8) is 0 Å². The second-order valence-electron chi connectivity index (χ2n) is 4.31. The van der Waals surface area contributed by atoms with Crippen LogP contribution in [0.25, 0.3) is 0 Å². The molecule has 1 saturated heterocycles. The molecule has 0 aliphatic carbocycles. The quantitative estimate of drug-likeness (QED) is 0.889. The maximum absolute atomic E-state index is 12.1. The molecule has 1 aromatic carbocycles. The number of anilines is 1. The van der Waals surface area contributed by atoms with Crippen molar-refractivity contribution in [1.29, 1.82) is 0 Å². The Labute approximate surface area is 103 Å². The van der Waals surface area contributed by atoms with Gasteiger partial charge in [0.15, 0.2) is 0 Å². The van der Waals surface area contributed by atoms with E-state index in [2.05, 4.69) is 5.32 Å². The van der Waals surface area contributed by atoms with Gasteiger partial charge in [-0.05, 0) is 30.5 Å². The van der Waals surface area contributed by atoms with Gasteiger partial charge in [-0.25, -0.2) is 12.7 Å². The normalized spacial score (nSPS) is 17.2. The smallest absolute Gasteiger partial charge is 0.218 e. The molecular formula is C12H18N2O2S. The van der Waals surface area contributed by atoms with Crippen LogP contribution in [-0.2, 0) is 15.8 Å². The number of hydrogen-bond donors (Lipinski definition) is 1. The largest absolute Gasteiger partial charge is 0.388 e. The minimum atomic E-state index is -3.12. The van der Waals surface area contributed by atoms with Crippen LogP contribution in [0.3, 0.4) is 0 Å². The van der Waals surface area contributed by atoms with Gasteiger partial charge in [-0.3, -0.25) is 0 Å². The first-order valence-electron chi connectivity index (χ1n) is 5.86. The van der Waals surface area contributed by atoms with Crippen molar-refractivity contribution >= 4 is 15.7 Å². The Kier molecular flexibility index (Phi) is 3.69. The summed E-state index contributed by atoms with van der Waals surface area (Å²) in [6, 6.07) is 7.52. The van der Waals surface area contributed by atoms with Gasteiger partial charge >= 0.3 is 0 Å². The molecule has 0 amide bonds. The number of benzene rings is 1. The monoisotopic (exact) mass is 254 g/mol. The number of nitrogens with one attached hydrogen (secondary N) is 1. The highest BCUT2D eigenvalue weighted by Gasteiger charge is 2.25. The van der Waals surface area contributed by atoms with Crippen LogP contribution in [-0.4, -0.2) is 32.9 Å². The zero-order chi connectivity index (χ0) is 12.3. The maximum atomic E-state index is 12.1. The molecule has 2 rings (SSSR count). The van der Waals surface area contributed by atoms with Crippen molar-refractivity contribution in [3.8, 4) is 0 Å². The summed E-state index contributed by atoms with van der Waals surface area (Å²) in [5, 5.41) is 3.01. The minimum absolute atomic E-state index is 0.108. The molecule has 0 unspecified atom stereocenters. The maximum Gasteiger partial charge on any atom is 0.218 e. The van der Waals surface area contributed by atoms with E-state index in [9.17, 15) is 8.42 Å². The fraction of sp³-hybridized carbons (Fsp3) is 0.500. The second-order valence-corrected chi connectivity index (χ2v) is 6.28. The van der Waals surface area contributed by atoms with Crippen LogP contribution in [0.15, 0.2) is 24.3 Å². The third-order valence-electron chi connectivity index (χ3n) is 3.05. The Balaban J connectivity index is 2.08. The predicted molar refractivity (Wildman–Crippen MR) is 69.4 cm³/mol. The summed E-state index contributed by atoms with van der Waals surface area (Å²) in [4.78, 5) is 0. The summed E-state index contributed by atoms with van der Waals surface area (Å²) in [5.41, 5.74) is 1.84. The third kappa shape index (κ3) is 2.98. The first-order valence-corrected chi connectivity index (χ1v) is 7.47. The first kappa shape index (κ1) is 12.4. The fourth-order valence-corrected chi connectivity index (χ4v) is 3.65. The summed E-state index contributed by atoms with van der Waals surface area (Å²) < 4.78 is 25.7. The second kappa shape index (κ2) is 5.06. The van der Waals surface area contributed by atoms with Gasteiger partial charge in [0.05, 0.1) is 5.75 Å². The van der Waals surface area contributed by atoms with Gasteiger partial charge in [-0.2, -0.15) is 0 Å². The first-order chi connectivity index (χ1) is 8.12. The summed E-state index contributed by atoms with van der Waals surface area (Å²) >= 11 is 0. The molecular weight excluding hydrogens is 236 g/mol. The molecule has 1 aromatic rings. The molecule has 1 aliphatic heterocycles. The average Bonchev–Trinajstić information content (AvgIpc) is 2.84. The van der Waals surface area contributed by atoms with Crippen LogP contribution in [0.4, 0.5) is 5.69 Å². The lowest BCUT2D eigenvalue weighted by molar-refractivity contribution is 0.476. The van der Waals surface area contributed by atoms with Crippen LogP contribution in [0, 0.1) is 0 Å². The highest BCUT2D eigenvalue weighted by atomic mass is 32.2. The van der Waals surface area contributed by atoms with Crippen LogP contribution in [0.2, 0.25) is 0 Å². The van der Waals surface area contributed by atoms with Gasteiger partial charge in [-0.1, -0.05) is 12.1 Å². The van der Waals surface area contributed by atoms with E-state index < -0.39 is 10.0 Å². The molecule has 0 spiro atoms. The fourth-order valence-electron chi connectivity index (χ4n) is 2.04. The van der Waals surface area contributed by atoms with Crippen molar-refractivity contribution in [3.05, 3.63) is 29.8 Å². The summed E-state index contributed by atoms with van der Waals surface area (Å²) in [5.74, 6) is 0.108. The topological polar surface area (TPSA) is 49.4 Å². The van der Waals surface area contributed by atoms with Gasteiger partial charge in [0.25, 0.3) is 0 Å². The van der Waals surface area contributed by atoms with Crippen molar-refractivity contribution < 1.29 is 8.42 Å². The van der Waals surface area contributed by atoms with E-state index >= 15 is 0 Å². The number of hydrogen-bond acceptors (Lipinski definition) is 3. The molecule has 0 bridgehead atoms. The zero-order valence-electron chi connectivity index (χ0n) is 10.0. The molecule has 0 saturated carbocycles. The molecule has 5 heteroatoms. The van der Waals surface area contributed by atoms with Gasteiger partial charge < -0.3 is 5.32 Å². The van der Waals surface area contributed by atoms with Crippen molar-refractivity contribution in [2.45, 2.75) is 18.6 Å². The summed E-state index contributed by atoms with van der Waals surface area (Å²) in [6.07, 6.45) is 1.97. The van der Waals surface area contributed by atoms with Crippen molar-refractivity contribution in [2.24, 2.45) is 0 Å². The summed E-state index contributed by atoms with van der Waals surface area (Å²) in [7, 11) is -1.28. The summed E-state index contributed by atoms with van der Waals surface area (Å²) in [6.45, 7) is 1.36. The Morgan fingerprint density at radius 1 is 1.18 bits per heavy atom. The number of nitrogens with zero attached hydrogens (tertiary/aromatic N) is 1. The minimum Gasteiger partial charge on any atom is -0.388 e. The van der Waals surface area contributed by atoms with Crippen molar-refractivity contribution in [1.82, 2.24) is 4.31 Å². The Morgan fingerprint density at radius 3 is 2.29 bits per heavy atom. The molecule has 1 fully saturated rings. The van der Waals surface area contributed by atoms with Crippen LogP contribution in [0.1, 0.15) is 18.4 Å². The number of sulfonamides is 1. The lowest BCUT2D eigenvalue weighted by Gasteiger charge is -2.15. The van der Waals surface area contributed by atoms with E-state index in [1.807, 2.05) is 31.3 Å². The Morgan fingerprint density at radius 2 is 1.76 bits per heavy atom. The lowest BCUT2D eigenvalue weighted by Crippen LogP contribution is -2.29. The Bertz CT molecular complexity index is 462. The van der Waals surface area contributed by atoms with E-state index in [1.54, 1.807) is 4.31 Å². The van der Waals surface area contributed by atoms with E-state index in [4.69, 9.17) is 0 Å². The molecule has 4 nitrogen and oxygen atoms in total. The molecule has 1 aliphatic rings. The Hall–Kier alpha value is -1.07. The van der Waals surface area contributed by atoms with Gasteiger partial charge in [-0.15, -0.1) is 0 Å². The molecule has 1 N–H and O–H groups in total. The van der Waals surface area contributed by atoms with E-state index in [-0.39, 0.29) is 5.75 Å². The van der Waals surface area contributed by atoms with Crippen LogP contribution < -0.4 is 5.32 Å². The van der Waals surface area contributed by atoms with Crippen LogP contribution >= 0.6 is 0 Å². The van der Waals surface area contributed by atoms with E-state index in [0.29, 0.717) is 13.1 Å². The zero-order valence-corrected chi connectivity index (χ0v) is 10.8. The lowest BCUT2D eigenvalue weighted by atomic mass is 10.2. The predicted octanol–water partition coefficient (Wildman–Crippen LogP) is 1.65. The number of rotatable bonds is 4. The standard InChI is InChI=1S/C12H18N2O2S/c1-13-12-6-4-11(5-7-12)10-17(15,16)14-8-2-3-9-14/h4-7,13H,2-3,8-10H2,1H3. The molecule has 1 heterocycles. The molecule has 0 radical (unpaired) electrons. The van der Waals surface area contributed by atoms with Gasteiger partial charge in [0.1, 0.15) is 0 Å². The average molecular weight is 254 g/mol. The third-order valence-corrected chi connectivity index (χ3v) is 4.90. The van der Waals surface area contributed by atoms with Gasteiger partial charge in [0, 0.05) is 25.8 Å². The van der Waals surface area contributed by atoms with E-state index in [0.717, 1.165) is 24.1 Å². The molecule has 0 aromatic heterocycles. The highest BCUT2D eigenvalue weighted by Crippen LogP contribution is 2.18. The highest BCUT2D eigenvalue weighted by molar-refractivity contribution is 7.88. The molecule has 0 atom stereocenters. The molecule has 17 heavy (non-hydrogen) atoms. The van der Waals surface area contributed by atoms with E-state index in [1.165, 1.54) is 0 Å². The SMILES string of the molecule is CNc1ccc(CS(=O)(=O)N2CCCC2)cc1. The van der Waals surface area contributed by atoms with Crippen molar-refractivity contribution in [2.75, 3.05) is 25.5 Å².